The molecule has 0 aliphatic carbocycles. The van der Waals surface area contributed by atoms with Crippen LogP contribution in [0.2, 0.25) is 0 Å². The van der Waals surface area contributed by atoms with Crippen LogP contribution in [0.1, 0.15) is 51.0 Å². The van der Waals surface area contributed by atoms with Crippen LogP contribution < -0.4 is 10.1 Å². The van der Waals surface area contributed by atoms with Crippen LogP contribution in [0.3, 0.4) is 0 Å². The molecule has 1 aromatic rings. The number of benzene rings is 1. The van der Waals surface area contributed by atoms with Crippen LogP contribution in [-0.4, -0.2) is 56.2 Å². The van der Waals surface area contributed by atoms with Gasteiger partial charge in [0.25, 0.3) is 0 Å². The summed E-state index contributed by atoms with van der Waals surface area (Å²) in [5.41, 5.74) is 1.06. The molecule has 2 fully saturated rings. The molecule has 154 valence electrons. The van der Waals surface area contributed by atoms with Gasteiger partial charge in [-0.2, -0.15) is 0 Å². The summed E-state index contributed by atoms with van der Waals surface area (Å²) in [7, 11) is 0. The van der Waals surface area contributed by atoms with E-state index in [-0.39, 0.29) is 23.8 Å². The Labute approximate surface area is 167 Å². The minimum atomic E-state index is -0.137. The van der Waals surface area contributed by atoms with E-state index >= 15 is 0 Å². The van der Waals surface area contributed by atoms with Crippen molar-refractivity contribution in [1.29, 1.82) is 0 Å². The maximum atomic E-state index is 12.6. The summed E-state index contributed by atoms with van der Waals surface area (Å²) >= 11 is 0. The molecule has 28 heavy (non-hydrogen) atoms. The molecule has 0 spiro atoms. The molecule has 1 N–H and O–H groups in total. The van der Waals surface area contributed by atoms with Gasteiger partial charge in [0.15, 0.2) is 0 Å². The van der Waals surface area contributed by atoms with Gasteiger partial charge in [0, 0.05) is 38.1 Å². The third-order valence-electron chi connectivity index (χ3n) is 5.86. The Kier molecular flexibility index (Phi) is 7.31. The van der Waals surface area contributed by atoms with E-state index in [1.54, 1.807) is 4.90 Å². The second-order valence-electron chi connectivity index (χ2n) is 7.75. The van der Waals surface area contributed by atoms with Gasteiger partial charge in [-0.25, -0.2) is 0 Å². The smallest absolute Gasteiger partial charge is 0.239 e. The lowest BCUT2D eigenvalue weighted by Crippen LogP contribution is -2.47. The first-order valence-electron chi connectivity index (χ1n) is 10.5. The fourth-order valence-electron chi connectivity index (χ4n) is 4.10. The van der Waals surface area contributed by atoms with Gasteiger partial charge >= 0.3 is 0 Å². The minimum absolute atomic E-state index is 0.0768. The summed E-state index contributed by atoms with van der Waals surface area (Å²) in [6.45, 7) is 5.40. The Hall–Kier alpha value is -2.08. The highest BCUT2D eigenvalue weighted by Crippen LogP contribution is 2.35. The van der Waals surface area contributed by atoms with E-state index in [4.69, 9.17) is 9.47 Å². The summed E-state index contributed by atoms with van der Waals surface area (Å²) in [6, 6.07) is 8.18. The Balaban J connectivity index is 1.63. The molecule has 6 nitrogen and oxygen atoms in total. The number of carbonyl (C=O) groups is 2. The van der Waals surface area contributed by atoms with Gasteiger partial charge in [-0.15, -0.1) is 0 Å². The standard InChI is InChI=1S/C22H32N2O4/c1-2-28-19-9-7-18(8-10-19)22(11-14-27-15-12-22)17-23-20(25)16-24-13-5-3-4-6-21(24)26/h7-10H,2-6,11-17H2,1H3,(H,23,25). The highest BCUT2D eigenvalue weighted by Gasteiger charge is 2.35. The van der Waals surface area contributed by atoms with Crippen molar-refractivity contribution in [3.05, 3.63) is 29.8 Å². The van der Waals surface area contributed by atoms with Crippen LogP contribution >= 0.6 is 0 Å². The number of rotatable bonds is 7. The Morgan fingerprint density at radius 3 is 2.64 bits per heavy atom. The fourth-order valence-corrected chi connectivity index (χ4v) is 4.10. The van der Waals surface area contributed by atoms with E-state index in [9.17, 15) is 9.59 Å². The number of ether oxygens (including phenoxy) is 2. The van der Waals surface area contributed by atoms with Crippen LogP contribution in [0.4, 0.5) is 0 Å². The van der Waals surface area contributed by atoms with Crippen LogP contribution in [0.25, 0.3) is 0 Å². The zero-order valence-electron chi connectivity index (χ0n) is 16.9. The van der Waals surface area contributed by atoms with Crippen LogP contribution in [0.15, 0.2) is 24.3 Å². The number of nitrogens with one attached hydrogen (secondary N) is 1. The largest absolute Gasteiger partial charge is 0.494 e. The van der Waals surface area contributed by atoms with E-state index in [2.05, 4.69) is 17.4 Å². The second kappa shape index (κ2) is 9.92. The van der Waals surface area contributed by atoms with E-state index < -0.39 is 0 Å². The first-order chi connectivity index (χ1) is 13.6. The number of amides is 2. The molecule has 0 radical (unpaired) electrons. The van der Waals surface area contributed by atoms with Crippen molar-refractivity contribution in [1.82, 2.24) is 10.2 Å². The molecule has 6 heteroatoms. The van der Waals surface area contributed by atoms with Crippen molar-refractivity contribution in [3.8, 4) is 5.75 Å². The molecule has 2 saturated heterocycles. The van der Waals surface area contributed by atoms with E-state index in [0.717, 1.165) is 37.9 Å². The highest BCUT2D eigenvalue weighted by molar-refractivity contribution is 5.85. The summed E-state index contributed by atoms with van der Waals surface area (Å²) in [6.07, 6.45) is 5.25. The van der Waals surface area contributed by atoms with E-state index in [0.29, 0.717) is 39.3 Å². The van der Waals surface area contributed by atoms with Crippen LogP contribution in [0.5, 0.6) is 5.75 Å². The summed E-state index contributed by atoms with van der Waals surface area (Å²) in [5.74, 6) is 0.879. The Morgan fingerprint density at radius 2 is 1.93 bits per heavy atom. The molecule has 2 heterocycles. The Morgan fingerprint density at radius 1 is 1.18 bits per heavy atom. The summed E-state index contributed by atoms with van der Waals surface area (Å²) < 4.78 is 11.1. The van der Waals surface area contributed by atoms with Gasteiger partial charge < -0.3 is 19.7 Å². The zero-order valence-corrected chi connectivity index (χ0v) is 16.9. The van der Waals surface area contributed by atoms with Crippen molar-refractivity contribution >= 4 is 11.8 Å². The topological polar surface area (TPSA) is 67.9 Å². The van der Waals surface area contributed by atoms with E-state index in [1.807, 2.05) is 19.1 Å². The predicted molar refractivity (Wildman–Crippen MR) is 107 cm³/mol. The second-order valence-corrected chi connectivity index (χ2v) is 7.75. The first kappa shape index (κ1) is 20.6. The summed E-state index contributed by atoms with van der Waals surface area (Å²) in [4.78, 5) is 26.4. The van der Waals surface area contributed by atoms with Crippen molar-refractivity contribution in [2.45, 2.75) is 50.9 Å². The van der Waals surface area contributed by atoms with Gasteiger partial charge in [0.2, 0.25) is 11.8 Å². The summed E-state index contributed by atoms with van der Waals surface area (Å²) in [5, 5.41) is 3.10. The molecular weight excluding hydrogens is 356 g/mol. The van der Waals surface area contributed by atoms with Gasteiger partial charge in [0.1, 0.15) is 5.75 Å². The van der Waals surface area contributed by atoms with Crippen LogP contribution in [0, 0.1) is 0 Å². The van der Waals surface area contributed by atoms with Gasteiger partial charge in [-0.1, -0.05) is 18.6 Å². The highest BCUT2D eigenvalue weighted by atomic mass is 16.5. The molecule has 3 rings (SSSR count). The Bertz CT molecular complexity index is 653. The van der Waals surface area contributed by atoms with Gasteiger partial charge in [-0.3, -0.25) is 9.59 Å². The predicted octanol–water partition coefficient (Wildman–Crippen LogP) is 2.65. The number of likely N-dealkylation sites (tertiary alicyclic amines) is 1. The van der Waals surface area contributed by atoms with Crippen molar-refractivity contribution in [3.63, 3.8) is 0 Å². The molecular formula is C22H32N2O4. The van der Waals surface area contributed by atoms with Crippen molar-refractivity contribution in [2.24, 2.45) is 0 Å². The number of hydrogen-bond acceptors (Lipinski definition) is 4. The molecule has 0 aromatic heterocycles. The van der Waals surface area contributed by atoms with Crippen molar-refractivity contribution < 1.29 is 19.1 Å². The average Bonchev–Trinajstić information content (AvgIpc) is 2.92. The molecule has 2 aliphatic heterocycles. The fraction of sp³-hybridized carbons (Fsp3) is 0.636. The molecule has 1 aromatic carbocycles. The van der Waals surface area contributed by atoms with E-state index in [1.165, 1.54) is 5.56 Å². The molecule has 0 unspecified atom stereocenters. The van der Waals surface area contributed by atoms with Gasteiger partial charge in [0.05, 0.1) is 13.2 Å². The lowest BCUT2D eigenvalue weighted by atomic mass is 9.74. The normalized spacial score (nSPS) is 19.8. The van der Waals surface area contributed by atoms with Gasteiger partial charge in [-0.05, 0) is 50.3 Å². The first-order valence-corrected chi connectivity index (χ1v) is 10.5. The SMILES string of the molecule is CCOc1ccc(C2(CNC(=O)CN3CCCCCC3=O)CCOCC2)cc1. The molecule has 0 atom stereocenters. The molecule has 2 amide bonds. The third kappa shape index (κ3) is 5.25. The lowest BCUT2D eigenvalue weighted by molar-refractivity contribution is -0.135. The maximum Gasteiger partial charge on any atom is 0.239 e. The molecule has 2 aliphatic rings. The molecule has 0 saturated carbocycles. The quantitative estimate of drug-likeness (QED) is 0.780. The van der Waals surface area contributed by atoms with Crippen molar-refractivity contribution in [2.75, 3.05) is 39.5 Å². The van der Waals surface area contributed by atoms with Crippen LogP contribution in [-0.2, 0) is 19.7 Å². The third-order valence-corrected chi connectivity index (χ3v) is 5.86. The average molecular weight is 389 g/mol. The molecule has 0 bridgehead atoms. The monoisotopic (exact) mass is 388 g/mol. The zero-order chi connectivity index (χ0) is 19.8. The number of carbonyl (C=O) groups excluding carboxylic acids is 2. The number of nitrogens with zero attached hydrogens (tertiary/aromatic N) is 1. The maximum absolute atomic E-state index is 12.6. The lowest BCUT2D eigenvalue weighted by Gasteiger charge is -2.38. The minimum Gasteiger partial charge on any atom is -0.494 e. The number of hydrogen-bond donors (Lipinski definition) is 1.